The molecule has 2 aromatic rings. The van der Waals surface area contributed by atoms with Crippen molar-refractivity contribution in [3.05, 3.63) is 36.5 Å². The maximum Gasteiger partial charge on any atom is 0.306 e. The molecular weight excluding hydrogens is 384 g/mol. The molecule has 30 heavy (non-hydrogen) atoms. The van der Waals surface area contributed by atoms with E-state index in [4.69, 9.17) is 4.74 Å². The Labute approximate surface area is 176 Å². The minimum absolute atomic E-state index is 0.00933. The third-order valence-electron chi connectivity index (χ3n) is 5.77. The van der Waals surface area contributed by atoms with Crippen molar-refractivity contribution in [3.8, 4) is 11.3 Å². The number of nitrogens with one attached hydrogen (secondary N) is 1. The molecule has 0 aliphatic heterocycles. The number of carboxylic acids is 1. The standard InChI is InChI=1S/C22H30N4O4/c1-4-17(5-2)30-20-12-16(22(28)29)11-19(21(20)23-14(3)27)26-13-18(24-25-26)15-9-7-6-8-10-15/h6-10,13,16-17,19-21H,4-5,11-12H2,1-3H3,(H,23,27)(H,28,29)/t16-,19+,20-,21-/m1/s1. The van der Waals surface area contributed by atoms with Crippen LogP contribution in [-0.2, 0) is 14.3 Å². The number of hydrogen-bond acceptors (Lipinski definition) is 5. The smallest absolute Gasteiger partial charge is 0.306 e. The molecule has 1 amide bonds. The van der Waals surface area contributed by atoms with Crippen molar-refractivity contribution in [1.29, 1.82) is 0 Å². The first-order valence-corrected chi connectivity index (χ1v) is 10.6. The van der Waals surface area contributed by atoms with E-state index in [1.165, 1.54) is 6.92 Å². The van der Waals surface area contributed by atoms with Crippen LogP contribution < -0.4 is 5.32 Å². The number of benzene rings is 1. The van der Waals surface area contributed by atoms with Crippen LogP contribution in [0.4, 0.5) is 0 Å². The van der Waals surface area contributed by atoms with Crippen LogP contribution in [0.15, 0.2) is 36.5 Å². The third kappa shape index (κ3) is 5.05. The van der Waals surface area contributed by atoms with Crippen molar-refractivity contribution < 1.29 is 19.4 Å². The van der Waals surface area contributed by atoms with Gasteiger partial charge in [-0.15, -0.1) is 5.10 Å². The molecule has 1 saturated carbocycles. The summed E-state index contributed by atoms with van der Waals surface area (Å²) in [5, 5.41) is 21.3. The van der Waals surface area contributed by atoms with Crippen LogP contribution in [0.5, 0.6) is 0 Å². The molecule has 4 atom stereocenters. The van der Waals surface area contributed by atoms with E-state index < -0.39 is 18.0 Å². The number of amides is 1. The van der Waals surface area contributed by atoms with Crippen molar-refractivity contribution >= 4 is 11.9 Å². The second-order valence-corrected chi connectivity index (χ2v) is 7.86. The van der Waals surface area contributed by atoms with Crippen molar-refractivity contribution in [1.82, 2.24) is 20.3 Å². The van der Waals surface area contributed by atoms with E-state index >= 15 is 0 Å². The van der Waals surface area contributed by atoms with Gasteiger partial charge in [0.2, 0.25) is 5.91 Å². The molecule has 1 aromatic carbocycles. The SMILES string of the molecule is CCC(CC)O[C@@H]1C[C@H](C(=O)O)C[C@H](n2cc(-c3ccccc3)nn2)[C@H]1NC(C)=O. The van der Waals surface area contributed by atoms with Crippen LogP contribution >= 0.6 is 0 Å². The predicted octanol–water partition coefficient (Wildman–Crippen LogP) is 3.06. The minimum Gasteiger partial charge on any atom is -0.481 e. The summed E-state index contributed by atoms with van der Waals surface area (Å²) in [7, 11) is 0. The molecule has 1 aromatic heterocycles. The molecule has 0 spiro atoms. The molecule has 1 fully saturated rings. The van der Waals surface area contributed by atoms with Crippen LogP contribution in [0.3, 0.4) is 0 Å². The van der Waals surface area contributed by atoms with Gasteiger partial charge in [0.25, 0.3) is 0 Å². The number of aliphatic carboxylic acids is 1. The fraction of sp³-hybridized carbons (Fsp3) is 0.545. The number of rotatable bonds is 8. The quantitative estimate of drug-likeness (QED) is 0.688. The lowest BCUT2D eigenvalue weighted by molar-refractivity contribution is -0.149. The average Bonchev–Trinajstić information content (AvgIpc) is 3.23. The summed E-state index contributed by atoms with van der Waals surface area (Å²) >= 11 is 0. The lowest BCUT2D eigenvalue weighted by Crippen LogP contribution is -2.54. The van der Waals surface area contributed by atoms with Gasteiger partial charge in [0, 0.05) is 12.5 Å². The van der Waals surface area contributed by atoms with Gasteiger partial charge in [0.05, 0.1) is 36.4 Å². The summed E-state index contributed by atoms with van der Waals surface area (Å²) in [6.07, 6.45) is 3.76. The van der Waals surface area contributed by atoms with Crippen LogP contribution in [0, 0.1) is 5.92 Å². The first kappa shape index (κ1) is 22.0. The highest BCUT2D eigenvalue weighted by Crippen LogP contribution is 2.36. The summed E-state index contributed by atoms with van der Waals surface area (Å²) in [5.41, 5.74) is 1.63. The molecule has 8 nitrogen and oxygen atoms in total. The highest BCUT2D eigenvalue weighted by Gasteiger charge is 2.43. The van der Waals surface area contributed by atoms with Gasteiger partial charge in [-0.05, 0) is 25.7 Å². The van der Waals surface area contributed by atoms with Gasteiger partial charge in [0.15, 0.2) is 0 Å². The summed E-state index contributed by atoms with van der Waals surface area (Å²) in [5.74, 6) is -1.62. The van der Waals surface area contributed by atoms with Crippen LogP contribution in [0.25, 0.3) is 11.3 Å². The number of ether oxygens (including phenoxy) is 1. The summed E-state index contributed by atoms with van der Waals surface area (Å²) < 4.78 is 7.97. The number of aromatic nitrogens is 3. The molecule has 2 N–H and O–H groups in total. The summed E-state index contributed by atoms with van der Waals surface area (Å²) in [4.78, 5) is 23.8. The molecule has 3 rings (SSSR count). The Morgan fingerprint density at radius 2 is 1.93 bits per heavy atom. The maximum absolute atomic E-state index is 12.0. The Balaban J connectivity index is 1.94. The van der Waals surface area contributed by atoms with Crippen molar-refractivity contribution in [2.75, 3.05) is 0 Å². The van der Waals surface area contributed by atoms with E-state index in [0.717, 1.165) is 18.4 Å². The van der Waals surface area contributed by atoms with Gasteiger partial charge in [-0.3, -0.25) is 9.59 Å². The van der Waals surface area contributed by atoms with E-state index in [9.17, 15) is 14.7 Å². The zero-order valence-electron chi connectivity index (χ0n) is 17.7. The molecule has 0 unspecified atom stereocenters. The molecule has 8 heteroatoms. The third-order valence-corrected chi connectivity index (χ3v) is 5.77. The normalized spacial score (nSPS) is 24.0. The van der Waals surface area contributed by atoms with Gasteiger partial charge in [-0.25, -0.2) is 4.68 Å². The summed E-state index contributed by atoms with van der Waals surface area (Å²) in [6.45, 7) is 5.55. The van der Waals surface area contributed by atoms with Crippen molar-refractivity contribution in [2.45, 2.75) is 70.7 Å². The van der Waals surface area contributed by atoms with Gasteiger partial charge < -0.3 is 15.2 Å². The molecular formula is C22H30N4O4. The van der Waals surface area contributed by atoms with Crippen molar-refractivity contribution in [2.24, 2.45) is 5.92 Å². The fourth-order valence-electron chi connectivity index (χ4n) is 4.16. The zero-order valence-corrected chi connectivity index (χ0v) is 17.7. The Bertz CT molecular complexity index is 850. The Morgan fingerprint density at radius 1 is 1.23 bits per heavy atom. The van der Waals surface area contributed by atoms with Crippen LogP contribution in [-0.4, -0.2) is 50.2 Å². The highest BCUT2D eigenvalue weighted by atomic mass is 16.5. The Kier molecular flexibility index (Phi) is 7.20. The fourth-order valence-corrected chi connectivity index (χ4v) is 4.16. The van der Waals surface area contributed by atoms with E-state index in [2.05, 4.69) is 15.6 Å². The Morgan fingerprint density at radius 3 is 2.53 bits per heavy atom. The molecule has 0 radical (unpaired) electrons. The van der Waals surface area contributed by atoms with E-state index in [1.54, 1.807) is 4.68 Å². The molecule has 162 valence electrons. The topological polar surface area (TPSA) is 106 Å². The molecule has 0 saturated heterocycles. The molecule has 1 aliphatic rings. The largest absolute Gasteiger partial charge is 0.481 e. The molecule has 0 bridgehead atoms. The van der Waals surface area contributed by atoms with Gasteiger partial charge in [-0.2, -0.15) is 0 Å². The molecule has 1 aliphatic carbocycles. The number of nitrogens with zero attached hydrogens (tertiary/aromatic N) is 3. The maximum atomic E-state index is 12.0. The van der Waals surface area contributed by atoms with Gasteiger partial charge >= 0.3 is 5.97 Å². The Hall–Kier alpha value is -2.74. The van der Waals surface area contributed by atoms with E-state index in [1.807, 2.05) is 50.4 Å². The van der Waals surface area contributed by atoms with Crippen molar-refractivity contribution in [3.63, 3.8) is 0 Å². The van der Waals surface area contributed by atoms with E-state index in [0.29, 0.717) is 18.5 Å². The van der Waals surface area contributed by atoms with Gasteiger partial charge in [-0.1, -0.05) is 49.4 Å². The first-order valence-electron chi connectivity index (χ1n) is 10.6. The summed E-state index contributed by atoms with van der Waals surface area (Å²) in [6, 6.07) is 8.92. The number of carbonyl (C=O) groups is 2. The predicted molar refractivity (Wildman–Crippen MR) is 112 cm³/mol. The van der Waals surface area contributed by atoms with Crippen LogP contribution in [0.1, 0.15) is 52.5 Å². The number of carbonyl (C=O) groups excluding carboxylic acids is 1. The van der Waals surface area contributed by atoms with Gasteiger partial charge in [0.1, 0.15) is 5.69 Å². The lowest BCUT2D eigenvalue weighted by Gasteiger charge is -2.41. The first-order chi connectivity index (χ1) is 14.4. The zero-order chi connectivity index (χ0) is 21.7. The van der Waals surface area contributed by atoms with Crippen LogP contribution in [0.2, 0.25) is 0 Å². The monoisotopic (exact) mass is 414 g/mol. The minimum atomic E-state index is -0.858. The number of hydrogen-bond donors (Lipinski definition) is 2. The second-order valence-electron chi connectivity index (χ2n) is 7.86. The molecule has 1 heterocycles. The lowest BCUT2D eigenvalue weighted by atomic mass is 9.80. The second kappa shape index (κ2) is 9.84. The number of carboxylic acid groups (broad SMARTS) is 1. The highest BCUT2D eigenvalue weighted by molar-refractivity contribution is 5.74. The van der Waals surface area contributed by atoms with E-state index in [-0.39, 0.29) is 24.1 Å². The average molecular weight is 415 g/mol.